The quantitative estimate of drug-likeness (QED) is 0.414. The fourth-order valence-corrected chi connectivity index (χ4v) is 7.05. The first-order valence-electron chi connectivity index (χ1n) is 11.8. The molecule has 2 aliphatic carbocycles. The molecular formula is C27H34O4. The maximum absolute atomic E-state index is 11.8. The van der Waals surface area contributed by atoms with Crippen molar-refractivity contribution in [2.24, 2.45) is 22.7 Å². The first-order valence-corrected chi connectivity index (χ1v) is 11.8. The third kappa shape index (κ3) is 3.48. The second-order valence-electron chi connectivity index (χ2n) is 10.7. The highest BCUT2D eigenvalue weighted by Crippen LogP contribution is 2.61. The Balaban J connectivity index is 1.48. The van der Waals surface area contributed by atoms with Gasteiger partial charge in [-0.3, -0.25) is 4.79 Å². The zero-order valence-corrected chi connectivity index (χ0v) is 19.1. The fraction of sp³-hybridized carbons (Fsp3) is 0.593. The van der Waals surface area contributed by atoms with Gasteiger partial charge >= 0.3 is 5.97 Å². The van der Waals surface area contributed by atoms with Gasteiger partial charge in [0, 0.05) is 12.8 Å². The van der Waals surface area contributed by atoms with Crippen LogP contribution in [0.2, 0.25) is 0 Å². The van der Waals surface area contributed by atoms with Crippen molar-refractivity contribution in [2.45, 2.75) is 72.2 Å². The summed E-state index contributed by atoms with van der Waals surface area (Å²) in [6, 6.07) is 12.0. The van der Waals surface area contributed by atoms with Gasteiger partial charge in [0.1, 0.15) is 5.75 Å². The lowest BCUT2D eigenvalue weighted by Gasteiger charge is -2.60. The van der Waals surface area contributed by atoms with Crippen LogP contribution in [0, 0.1) is 22.7 Å². The number of ether oxygens (including phenoxy) is 3. The first-order chi connectivity index (χ1) is 14.8. The van der Waals surface area contributed by atoms with Crippen LogP contribution >= 0.6 is 0 Å². The molecule has 5 atom stereocenters. The van der Waals surface area contributed by atoms with E-state index in [1.807, 2.05) is 24.3 Å². The van der Waals surface area contributed by atoms with E-state index >= 15 is 0 Å². The summed E-state index contributed by atoms with van der Waals surface area (Å²) in [5, 5.41) is 2.11. The van der Waals surface area contributed by atoms with Crippen molar-refractivity contribution >= 4 is 16.7 Å². The van der Waals surface area contributed by atoms with E-state index in [1.165, 1.54) is 32.6 Å². The maximum Gasteiger partial charge on any atom is 0.308 e. The van der Waals surface area contributed by atoms with Gasteiger partial charge in [-0.25, -0.2) is 0 Å². The van der Waals surface area contributed by atoms with E-state index in [9.17, 15) is 4.79 Å². The van der Waals surface area contributed by atoms with E-state index < -0.39 is 6.29 Å². The van der Waals surface area contributed by atoms with Crippen LogP contribution < -0.4 is 4.74 Å². The Morgan fingerprint density at radius 3 is 2.68 bits per heavy atom. The molecule has 1 saturated heterocycles. The van der Waals surface area contributed by atoms with Gasteiger partial charge in [0.15, 0.2) is 6.29 Å². The van der Waals surface area contributed by atoms with Gasteiger partial charge in [-0.2, -0.15) is 0 Å². The Morgan fingerprint density at radius 2 is 1.87 bits per heavy atom. The van der Waals surface area contributed by atoms with Crippen LogP contribution in [0.25, 0.3) is 10.8 Å². The van der Waals surface area contributed by atoms with E-state index in [-0.39, 0.29) is 17.5 Å². The van der Waals surface area contributed by atoms with Gasteiger partial charge in [-0.05, 0) is 59.3 Å². The van der Waals surface area contributed by atoms with Crippen LogP contribution in [0.1, 0.15) is 71.7 Å². The van der Waals surface area contributed by atoms with E-state index in [0.717, 1.165) is 22.8 Å². The minimum Gasteiger partial charge on any atom is -0.426 e. The summed E-state index contributed by atoms with van der Waals surface area (Å²) >= 11 is 0. The van der Waals surface area contributed by atoms with Gasteiger partial charge < -0.3 is 14.2 Å². The molecular weight excluding hydrogens is 388 g/mol. The molecule has 0 aromatic heterocycles. The lowest BCUT2D eigenvalue weighted by atomic mass is 9.48. The number of fused-ring (bicyclic) bond motifs is 4. The molecule has 0 unspecified atom stereocenters. The zero-order chi connectivity index (χ0) is 21.8. The number of rotatable bonds is 2. The van der Waals surface area contributed by atoms with E-state index in [0.29, 0.717) is 29.6 Å². The second-order valence-corrected chi connectivity index (χ2v) is 10.7. The van der Waals surface area contributed by atoms with Crippen LogP contribution in [0.5, 0.6) is 5.75 Å². The molecule has 166 valence electrons. The van der Waals surface area contributed by atoms with Crippen molar-refractivity contribution in [2.75, 3.05) is 6.61 Å². The SMILES string of the molecule is CC(=O)Oc1ccc2ccccc2c1[C@H]1OC[C@@H]2[C@@H](CC[C@H]3C(C)(C)CCC[C@@]23C)O1. The van der Waals surface area contributed by atoms with Gasteiger partial charge in [0.2, 0.25) is 0 Å². The minimum atomic E-state index is -0.515. The Bertz CT molecular complexity index is 996. The summed E-state index contributed by atoms with van der Waals surface area (Å²) in [6.45, 7) is 9.50. The van der Waals surface area contributed by atoms with E-state index in [1.54, 1.807) is 0 Å². The molecule has 0 radical (unpaired) electrons. The van der Waals surface area contributed by atoms with Crippen LogP contribution in [0.4, 0.5) is 0 Å². The second kappa shape index (κ2) is 7.60. The number of hydrogen-bond acceptors (Lipinski definition) is 4. The van der Waals surface area contributed by atoms with Gasteiger partial charge in [-0.1, -0.05) is 57.5 Å². The lowest BCUT2D eigenvalue weighted by molar-refractivity contribution is -0.285. The molecule has 2 aromatic rings. The molecule has 4 heteroatoms. The molecule has 3 fully saturated rings. The standard InChI is InChI=1S/C27H34O4/c1-17(28)30-22-11-10-18-8-5-6-9-19(18)24(22)25-29-16-20-21(31-25)12-13-23-26(2,3)14-7-15-27(20,23)4/h5-6,8-11,20-21,23,25H,7,12-16H2,1-4H3/t20-,21-,23+,25+,27+/m1/s1. The number of esters is 1. The molecule has 2 aromatic carbocycles. The highest BCUT2D eigenvalue weighted by molar-refractivity contribution is 5.89. The Hall–Kier alpha value is -1.91. The summed E-state index contributed by atoms with van der Waals surface area (Å²) in [4.78, 5) is 11.8. The van der Waals surface area contributed by atoms with Gasteiger partial charge in [0.05, 0.1) is 18.3 Å². The predicted octanol–water partition coefficient (Wildman–Crippen LogP) is 6.42. The van der Waals surface area contributed by atoms with Crippen molar-refractivity contribution < 1.29 is 19.0 Å². The van der Waals surface area contributed by atoms with Crippen molar-refractivity contribution in [1.82, 2.24) is 0 Å². The highest BCUT2D eigenvalue weighted by Gasteiger charge is 2.56. The van der Waals surface area contributed by atoms with Crippen molar-refractivity contribution in [3.63, 3.8) is 0 Å². The zero-order valence-electron chi connectivity index (χ0n) is 19.1. The van der Waals surface area contributed by atoms with E-state index in [4.69, 9.17) is 14.2 Å². The molecule has 31 heavy (non-hydrogen) atoms. The van der Waals surface area contributed by atoms with Crippen LogP contribution in [-0.2, 0) is 14.3 Å². The molecule has 3 aliphatic rings. The Morgan fingerprint density at radius 1 is 1.06 bits per heavy atom. The summed E-state index contributed by atoms with van der Waals surface area (Å²) in [6.07, 6.45) is 5.80. The average molecular weight is 423 g/mol. The smallest absolute Gasteiger partial charge is 0.308 e. The molecule has 0 bridgehead atoms. The first kappa shape index (κ1) is 21.0. The molecule has 2 saturated carbocycles. The van der Waals surface area contributed by atoms with Crippen molar-refractivity contribution in [3.05, 3.63) is 42.0 Å². The fourth-order valence-electron chi connectivity index (χ4n) is 7.05. The highest BCUT2D eigenvalue weighted by atomic mass is 16.7. The molecule has 0 N–H and O–H groups in total. The number of hydrogen-bond donors (Lipinski definition) is 0. The third-order valence-corrected chi connectivity index (χ3v) is 8.46. The summed E-state index contributed by atoms with van der Waals surface area (Å²) in [7, 11) is 0. The molecule has 0 spiro atoms. The molecule has 1 aliphatic heterocycles. The molecule has 0 amide bonds. The van der Waals surface area contributed by atoms with E-state index in [2.05, 4.69) is 32.9 Å². The molecule has 5 rings (SSSR count). The maximum atomic E-state index is 11.8. The number of benzene rings is 2. The van der Waals surface area contributed by atoms with Crippen LogP contribution in [-0.4, -0.2) is 18.7 Å². The van der Waals surface area contributed by atoms with Crippen LogP contribution in [0.15, 0.2) is 36.4 Å². The Kier molecular flexibility index (Phi) is 5.14. The molecule has 4 nitrogen and oxygen atoms in total. The van der Waals surface area contributed by atoms with Gasteiger partial charge in [0.25, 0.3) is 0 Å². The van der Waals surface area contributed by atoms with Crippen molar-refractivity contribution in [1.29, 1.82) is 0 Å². The predicted molar refractivity (Wildman–Crippen MR) is 121 cm³/mol. The molecule has 1 heterocycles. The topological polar surface area (TPSA) is 44.8 Å². The Labute approximate surface area is 185 Å². The average Bonchev–Trinajstić information content (AvgIpc) is 2.72. The number of carbonyl (C=O) groups is 1. The monoisotopic (exact) mass is 422 g/mol. The summed E-state index contributed by atoms with van der Waals surface area (Å²) in [5.74, 6) is 1.33. The summed E-state index contributed by atoms with van der Waals surface area (Å²) in [5.41, 5.74) is 1.48. The summed E-state index contributed by atoms with van der Waals surface area (Å²) < 4.78 is 18.7. The third-order valence-electron chi connectivity index (χ3n) is 8.46. The minimum absolute atomic E-state index is 0.179. The van der Waals surface area contributed by atoms with Crippen LogP contribution in [0.3, 0.4) is 0 Å². The van der Waals surface area contributed by atoms with Gasteiger partial charge in [-0.15, -0.1) is 0 Å². The largest absolute Gasteiger partial charge is 0.426 e. The number of carbonyl (C=O) groups excluding carboxylic acids is 1. The lowest BCUT2D eigenvalue weighted by Crippen LogP contribution is -2.57. The normalized spacial score (nSPS) is 34.6. The van der Waals surface area contributed by atoms with Crippen molar-refractivity contribution in [3.8, 4) is 5.75 Å².